The third-order valence-corrected chi connectivity index (χ3v) is 4.88. The lowest BCUT2D eigenvalue weighted by molar-refractivity contribution is -0.137. The molecule has 2 aromatic carbocycles. The van der Waals surface area contributed by atoms with Crippen molar-refractivity contribution in [2.24, 2.45) is 5.92 Å². The molecule has 0 aliphatic heterocycles. The molecular weight excluding hydrogens is 457 g/mol. The number of hydrogen-bond donors (Lipinski definition) is 1. The van der Waals surface area contributed by atoms with Gasteiger partial charge >= 0.3 is 6.18 Å². The van der Waals surface area contributed by atoms with Gasteiger partial charge in [-0.05, 0) is 23.6 Å². The number of rotatable bonds is 9. The maximum Gasteiger partial charge on any atom is 0.416 e. The molecule has 1 heterocycles. The van der Waals surface area contributed by atoms with Crippen LogP contribution in [0.1, 0.15) is 46.9 Å². The lowest BCUT2D eigenvalue weighted by Gasteiger charge is -2.22. The lowest BCUT2D eigenvalue weighted by atomic mass is 10.1. The van der Waals surface area contributed by atoms with Crippen LogP contribution in [0.3, 0.4) is 0 Å². The Kier molecular flexibility index (Phi) is 8.03. The number of carbonyl (C=O) groups excluding carboxylic acids is 1. The van der Waals surface area contributed by atoms with Crippen LogP contribution < -0.4 is 5.32 Å². The highest BCUT2D eigenvalue weighted by molar-refractivity contribution is 5.91. The molecule has 0 atom stereocenters. The van der Waals surface area contributed by atoms with Crippen molar-refractivity contribution in [1.29, 1.82) is 0 Å². The summed E-state index contributed by atoms with van der Waals surface area (Å²) in [6, 6.07) is 7.88. The summed E-state index contributed by atoms with van der Waals surface area (Å²) in [5.74, 6) is -1.57. The van der Waals surface area contributed by atoms with Crippen LogP contribution in [0.4, 0.5) is 22.0 Å². The van der Waals surface area contributed by atoms with Gasteiger partial charge in [-0.2, -0.15) is 13.2 Å². The Morgan fingerprint density at radius 2 is 1.85 bits per heavy atom. The van der Waals surface area contributed by atoms with Crippen molar-refractivity contribution in [3.63, 3.8) is 0 Å². The average Bonchev–Trinajstić information content (AvgIpc) is 3.22. The number of nitrogens with zero attached hydrogens (tertiary/aromatic N) is 2. The predicted molar refractivity (Wildman–Crippen MR) is 114 cm³/mol. The summed E-state index contributed by atoms with van der Waals surface area (Å²) in [6.07, 6.45) is -3.32. The van der Waals surface area contributed by atoms with Gasteiger partial charge in [-0.25, -0.2) is 13.8 Å². The zero-order valence-corrected chi connectivity index (χ0v) is 18.6. The second kappa shape index (κ2) is 10.8. The van der Waals surface area contributed by atoms with Gasteiger partial charge in [0.1, 0.15) is 17.9 Å². The summed E-state index contributed by atoms with van der Waals surface area (Å²) >= 11 is 0. The third-order valence-electron chi connectivity index (χ3n) is 4.88. The number of benzene rings is 2. The zero-order valence-electron chi connectivity index (χ0n) is 18.6. The highest BCUT2D eigenvalue weighted by Gasteiger charge is 2.30. The van der Waals surface area contributed by atoms with E-state index in [1.54, 1.807) is 4.90 Å². The van der Waals surface area contributed by atoms with Gasteiger partial charge in [-0.1, -0.05) is 38.1 Å². The van der Waals surface area contributed by atoms with Crippen LogP contribution in [0.2, 0.25) is 0 Å². The van der Waals surface area contributed by atoms with Crippen LogP contribution >= 0.6 is 0 Å². The van der Waals surface area contributed by atoms with Crippen molar-refractivity contribution in [2.75, 3.05) is 6.54 Å². The molecule has 3 aromatic rings. The molecule has 0 spiro atoms. The summed E-state index contributed by atoms with van der Waals surface area (Å²) in [5.41, 5.74) is -0.269. The molecule has 0 saturated heterocycles. The number of amides is 1. The summed E-state index contributed by atoms with van der Waals surface area (Å²) in [4.78, 5) is 17.9. The first kappa shape index (κ1) is 25.4. The second-order valence-corrected chi connectivity index (χ2v) is 8.31. The smallest absolute Gasteiger partial charge is 0.416 e. The molecule has 0 aliphatic rings. The summed E-state index contributed by atoms with van der Waals surface area (Å²) in [6.45, 7) is 4.25. The first-order valence-electron chi connectivity index (χ1n) is 10.6. The normalized spacial score (nSPS) is 11.9. The van der Waals surface area contributed by atoms with Gasteiger partial charge in [0.15, 0.2) is 5.69 Å². The van der Waals surface area contributed by atoms with Crippen molar-refractivity contribution in [1.82, 2.24) is 15.2 Å². The zero-order chi connectivity index (χ0) is 24.9. The molecule has 10 heteroatoms. The maximum atomic E-state index is 14.3. The maximum absolute atomic E-state index is 14.3. The van der Waals surface area contributed by atoms with E-state index in [2.05, 4.69) is 10.3 Å². The molecule has 1 amide bonds. The van der Waals surface area contributed by atoms with E-state index >= 15 is 0 Å². The molecule has 1 N–H and O–H groups in total. The molecule has 0 radical (unpaired) electrons. The van der Waals surface area contributed by atoms with E-state index in [4.69, 9.17) is 4.42 Å². The van der Waals surface area contributed by atoms with Crippen LogP contribution in [0.25, 0.3) is 0 Å². The minimum absolute atomic E-state index is 0.00199. The van der Waals surface area contributed by atoms with E-state index in [-0.39, 0.29) is 42.7 Å². The van der Waals surface area contributed by atoms with Crippen LogP contribution in [0.15, 0.2) is 53.1 Å². The van der Waals surface area contributed by atoms with E-state index in [1.165, 1.54) is 24.5 Å². The van der Waals surface area contributed by atoms with Crippen LogP contribution in [-0.2, 0) is 25.8 Å². The number of alkyl halides is 3. The Hall–Kier alpha value is -3.27. The highest BCUT2D eigenvalue weighted by atomic mass is 19.4. The van der Waals surface area contributed by atoms with Gasteiger partial charge in [0.05, 0.1) is 12.1 Å². The molecule has 1 aromatic heterocycles. The SMILES string of the molecule is CC(C)CNC(=O)c1coc(CN(Cc2cccc(C(F)(F)F)c2)Cc2ccc(F)cc2F)n1. The van der Waals surface area contributed by atoms with Crippen LogP contribution in [0.5, 0.6) is 0 Å². The Labute approximate surface area is 193 Å². The highest BCUT2D eigenvalue weighted by Crippen LogP contribution is 2.30. The quantitative estimate of drug-likeness (QED) is 0.407. The Bertz CT molecular complexity index is 1130. The fourth-order valence-corrected chi connectivity index (χ4v) is 3.23. The lowest BCUT2D eigenvalue weighted by Crippen LogP contribution is -2.27. The molecule has 0 saturated carbocycles. The number of halogens is 5. The van der Waals surface area contributed by atoms with Crippen molar-refractivity contribution in [3.05, 3.63) is 88.6 Å². The summed E-state index contributed by atoms with van der Waals surface area (Å²) in [5, 5.41) is 2.71. The van der Waals surface area contributed by atoms with E-state index in [0.717, 1.165) is 24.3 Å². The molecule has 5 nitrogen and oxygen atoms in total. The monoisotopic (exact) mass is 481 g/mol. The minimum Gasteiger partial charge on any atom is -0.447 e. The number of hydrogen-bond acceptors (Lipinski definition) is 4. The van der Waals surface area contributed by atoms with Crippen LogP contribution in [-0.4, -0.2) is 22.3 Å². The summed E-state index contributed by atoms with van der Waals surface area (Å²) < 4.78 is 72.3. The van der Waals surface area contributed by atoms with Crippen molar-refractivity contribution >= 4 is 5.91 Å². The second-order valence-electron chi connectivity index (χ2n) is 8.31. The Balaban J connectivity index is 1.82. The van der Waals surface area contributed by atoms with E-state index in [0.29, 0.717) is 12.1 Å². The third kappa shape index (κ3) is 7.11. The first-order chi connectivity index (χ1) is 16.0. The number of aromatic nitrogens is 1. The van der Waals surface area contributed by atoms with Gasteiger partial charge in [0.2, 0.25) is 5.89 Å². The topological polar surface area (TPSA) is 58.4 Å². The Morgan fingerprint density at radius 3 is 2.53 bits per heavy atom. The van der Waals surface area contributed by atoms with Gasteiger partial charge in [-0.3, -0.25) is 9.69 Å². The van der Waals surface area contributed by atoms with Gasteiger partial charge in [0.25, 0.3) is 5.91 Å². The first-order valence-corrected chi connectivity index (χ1v) is 10.6. The van der Waals surface area contributed by atoms with E-state index in [1.807, 2.05) is 13.8 Å². The largest absolute Gasteiger partial charge is 0.447 e. The molecule has 0 bridgehead atoms. The number of oxazole rings is 1. The van der Waals surface area contributed by atoms with Gasteiger partial charge in [-0.15, -0.1) is 0 Å². The molecule has 182 valence electrons. The van der Waals surface area contributed by atoms with Gasteiger partial charge < -0.3 is 9.73 Å². The molecule has 3 rings (SSSR count). The standard InChI is InChI=1S/C24H24F5N3O2/c1-15(2)10-30-23(33)21-14-34-22(31-21)13-32(12-17-6-7-19(25)9-20(17)26)11-16-4-3-5-18(8-16)24(27,28)29/h3-9,14-15H,10-13H2,1-2H3,(H,30,33). The van der Waals surface area contributed by atoms with Gasteiger partial charge in [0, 0.05) is 31.3 Å². The predicted octanol–water partition coefficient (Wildman–Crippen LogP) is 5.56. The fraction of sp³-hybridized carbons (Fsp3) is 0.333. The molecule has 0 fully saturated rings. The molecule has 0 aliphatic carbocycles. The van der Waals surface area contributed by atoms with Crippen molar-refractivity contribution in [2.45, 2.75) is 39.7 Å². The van der Waals surface area contributed by atoms with Crippen molar-refractivity contribution in [3.8, 4) is 0 Å². The van der Waals surface area contributed by atoms with E-state index in [9.17, 15) is 26.7 Å². The number of carbonyl (C=O) groups is 1. The summed E-state index contributed by atoms with van der Waals surface area (Å²) in [7, 11) is 0. The minimum atomic E-state index is -4.51. The molecule has 34 heavy (non-hydrogen) atoms. The molecular formula is C24H24F5N3O2. The Morgan fingerprint density at radius 1 is 1.09 bits per heavy atom. The van der Waals surface area contributed by atoms with E-state index < -0.39 is 29.3 Å². The fourth-order valence-electron chi connectivity index (χ4n) is 3.23. The van der Waals surface area contributed by atoms with Crippen molar-refractivity contribution < 1.29 is 31.2 Å². The average molecular weight is 481 g/mol. The number of nitrogens with one attached hydrogen (secondary N) is 1. The molecule has 0 unspecified atom stereocenters. The van der Waals surface area contributed by atoms with Crippen LogP contribution in [0, 0.1) is 17.6 Å².